The summed E-state index contributed by atoms with van der Waals surface area (Å²) in [5.74, 6) is 0.633. The van der Waals surface area contributed by atoms with Crippen LogP contribution in [0.1, 0.15) is 78.0 Å². The van der Waals surface area contributed by atoms with Crippen LogP contribution in [0.15, 0.2) is 305 Å². The molecule has 0 N–H and O–H groups in total. The lowest BCUT2D eigenvalue weighted by atomic mass is 9.69. The first-order valence-electron chi connectivity index (χ1n) is 32.4. The van der Waals surface area contributed by atoms with E-state index in [-0.39, 0.29) is 5.41 Å². The highest BCUT2D eigenvalue weighted by molar-refractivity contribution is 6.13. The third-order valence-corrected chi connectivity index (χ3v) is 19.7. The molecule has 1 heterocycles. The summed E-state index contributed by atoms with van der Waals surface area (Å²) in [5, 5.41) is 7.29. The van der Waals surface area contributed by atoms with Gasteiger partial charge in [-0.2, -0.15) is 0 Å². The molecule has 1 aromatic heterocycles. The number of rotatable bonds is 19. The van der Waals surface area contributed by atoms with E-state index in [1.165, 1.54) is 129 Å². The highest BCUT2D eigenvalue weighted by atomic mass is 15.1. The Balaban J connectivity index is 0.801. The van der Waals surface area contributed by atoms with Crippen molar-refractivity contribution in [3.63, 3.8) is 0 Å². The predicted molar refractivity (Wildman–Crippen MR) is 391 cm³/mol. The van der Waals surface area contributed by atoms with Crippen LogP contribution in [0.2, 0.25) is 0 Å². The molecule has 0 amide bonds. The summed E-state index contributed by atoms with van der Waals surface area (Å²) in [6.07, 6.45) is 12.5. The van der Waals surface area contributed by atoms with Crippen molar-refractivity contribution < 1.29 is 0 Å². The van der Waals surface area contributed by atoms with Crippen molar-refractivity contribution in [2.45, 2.75) is 50.9 Å². The van der Waals surface area contributed by atoms with E-state index in [9.17, 15) is 0 Å². The molecule has 13 aromatic carbocycles. The van der Waals surface area contributed by atoms with Gasteiger partial charge in [0.25, 0.3) is 0 Å². The Labute approximate surface area is 535 Å². The van der Waals surface area contributed by atoms with Crippen LogP contribution >= 0.6 is 0 Å². The molecule has 15 rings (SSSR count). The van der Waals surface area contributed by atoms with Crippen molar-refractivity contribution in [1.82, 2.24) is 4.57 Å². The van der Waals surface area contributed by atoms with Gasteiger partial charge in [0.15, 0.2) is 0 Å². The normalized spacial score (nSPS) is 13.7. The third-order valence-electron chi connectivity index (χ3n) is 19.7. The molecular formula is C89H72N2. The van der Waals surface area contributed by atoms with Crippen molar-refractivity contribution in [3.05, 3.63) is 344 Å². The number of nitrogens with zero attached hydrogens (tertiary/aromatic N) is 2. The lowest BCUT2D eigenvalue weighted by Gasteiger charge is -2.34. The monoisotopic (exact) mass is 1170 g/mol. The third kappa shape index (κ3) is 10.4. The first-order valence-corrected chi connectivity index (χ1v) is 32.4. The maximum Gasteiger partial charge on any atom is 0.0541 e. The zero-order valence-electron chi connectivity index (χ0n) is 51.7. The van der Waals surface area contributed by atoms with Gasteiger partial charge in [-0.3, -0.25) is 0 Å². The van der Waals surface area contributed by atoms with Crippen molar-refractivity contribution >= 4 is 78.6 Å². The van der Waals surface area contributed by atoms with E-state index in [0.717, 1.165) is 58.7 Å². The molecule has 0 radical (unpaired) electrons. The van der Waals surface area contributed by atoms with E-state index in [4.69, 9.17) is 0 Å². The second-order valence-electron chi connectivity index (χ2n) is 24.8. The average Bonchev–Trinajstić information content (AvgIpc) is 1.57. The van der Waals surface area contributed by atoms with Crippen molar-refractivity contribution in [3.8, 4) is 50.2 Å². The molecule has 0 aliphatic heterocycles. The Morgan fingerprint density at radius 3 is 1.62 bits per heavy atom. The maximum atomic E-state index is 4.02. The maximum absolute atomic E-state index is 4.02. The molecular weight excluding hydrogens is 1100 g/mol. The van der Waals surface area contributed by atoms with Crippen LogP contribution in [0, 0.1) is 5.92 Å². The van der Waals surface area contributed by atoms with E-state index in [1.807, 2.05) is 18.2 Å². The molecule has 91 heavy (non-hydrogen) atoms. The Morgan fingerprint density at radius 2 is 0.923 bits per heavy atom. The predicted octanol–water partition coefficient (Wildman–Crippen LogP) is 24.6. The molecule has 0 bridgehead atoms. The van der Waals surface area contributed by atoms with Gasteiger partial charge in [0, 0.05) is 38.9 Å². The minimum absolute atomic E-state index is 0.330. The molecule has 438 valence electrons. The summed E-state index contributed by atoms with van der Waals surface area (Å²) in [6, 6.07) is 107. The van der Waals surface area contributed by atoms with Gasteiger partial charge in [0.05, 0.1) is 11.0 Å². The lowest BCUT2D eigenvalue weighted by molar-refractivity contribution is 0.423. The SMILES string of the molecule is C=Cc1ccc(CC(CC)CCCCC2(c3ccccc3)c3ccccc3-c3ccc(N(c4ccc(-c5ccc(-c6ccc7c(c6)c6cc(-c8ccc(C=C)cc8)ccc6n7-c6ccc(C=C)cc6)c6ccccc56)cc4)c4ccc5ccccc5c4)cc32)cc1. The first-order chi connectivity index (χ1) is 44.9. The smallest absolute Gasteiger partial charge is 0.0541 e. The van der Waals surface area contributed by atoms with Crippen LogP contribution in [-0.4, -0.2) is 4.57 Å². The molecule has 2 nitrogen and oxygen atoms in total. The van der Waals surface area contributed by atoms with Crippen LogP contribution in [0.5, 0.6) is 0 Å². The fraction of sp³-hybridized carbons (Fsp3) is 0.101. The molecule has 2 atom stereocenters. The molecule has 0 saturated heterocycles. The van der Waals surface area contributed by atoms with Crippen molar-refractivity contribution in [2.24, 2.45) is 5.92 Å². The topological polar surface area (TPSA) is 8.17 Å². The summed E-state index contributed by atoms with van der Waals surface area (Å²) < 4.78 is 2.40. The molecule has 2 unspecified atom stereocenters. The number of hydrogen-bond donors (Lipinski definition) is 0. The van der Waals surface area contributed by atoms with Crippen LogP contribution in [-0.2, 0) is 11.8 Å². The Bertz CT molecular complexity index is 5040. The minimum atomic E-state index is -0.330. The van der Waals surface area contributed by atoms with Crippen LogP contribution < -0.4 is 4.90 Å². The van der Waals surface area contributed by atoms with Gasteiger partial charge in [-0.05, 0) is 197 Å². The van der Waals surface area contributed by atoms with Gasteiger partial charge in [-0.15, -0.1) is 0 Å². The zero-order chi connectivity index (χ0) is 61.4. The van der Waals surface area contributed by atoms with E-state index < -0.39 is 0 Å². The number of fused-ring (bicyclic) bond motifs is 8. The second-order valence-corrected chi connectivity index (χ2v) is 24.8. The molecule has 0 spiro atoms. The van der Waals surface area contributed by atoms with Gasteiger partial charge < -0.3 is 9.47 Å². The number of aromatic nitrogens is 1. The molecule has 0 saturated carbocycles. The molecule has 14 aromatic rings. The van der Waals surface area contributed by atoms with Crippen molar-refractivity contribution in [2.75, 3.05) is 4.90 Å². The van der Waals surface area contributed by atoms with E-state index in [0.29, 0.717) is 5.92 Å². The number of benzene rings is 13. The Kier molecular flexibility index (Phi) is 15.1. The highest BCUT2D eigenvalue weighted by Gasteiger charge is 2.44. The summed E-state index contributed by atoms with van der Waals surface area (Å²) in [7, 11) is 0. The summed E-state index contributed by atoms with van der Waals surface area (Å²) in [4.78, 5) is 2.48. The zero-order valence-corrected chi connectivity index (χ0v) is 51.7. The summed E-state index contributed by atoms with van der Waals surface area (Å²) in [6.45, 7) is 14.4. The largest absolute Gasteiger partial charge is 0.310 e. The molecule has 1 aliphatic rings. The average molecular weight is 1170 g/mol. The van der Waals surface area contributed by atoms with Crippen LogP contribution in [0.25, 0.3) is 112 Å². The molecule has 2 heteroatoms. The summed E-state index contributed by atoms with van der Waals surface area (Å²) >= 11 is 0. The standard InChI is InChI=1S/C89H72N2/c1-5-61-29-31-65(32-30-61)56-64(8-4)20-18-19-55-89(72-23-10-9-11-24-72)85-28-17-16-27-81(85)82-50-49-76(60-86(82)89)90(75-48-39-66-21-12-13-22-69(66)57-75)73-46-40-68(41-47-73)77-51-52-78(80-26-15-14-25-79(77)80)71-43-54-88-84(59-71)83-58-70(67-37-33-62(6-2)34-38-67)42-53-87(83)91(88)74-44-35-63(7-3)36-45-74/h5-7,9-17,21-54,57-60,64H,1-3,8,18-20,55-56H2,4H3. The fourth-order valence-electron chi connectivity index (χ4n) is 14.9. The van der Waals surface area contributed by atoms with Crippen molar-refractivity contribution in [1.29, 1.82) is 0 Å². The Morgan fingerprint density at radius 1 is 0.396 bits per heavy atom. The molecule has 1 aliphatic carbocycles. The first kappa shape index (κ1) is 56.7. The minimum Gasteiger partial charge on any atom is -0.310 e. The highest BCUT2D eigenvalue weighted by Crippen LogP contribution is 2.57. The Hall–Kier alpha value is -10.8. The van der Waals surface area contributed by atoms with Gasteiger partial charge >= 0.3 is 0 Å². The number of anilines is 3. The van der Waals surface area contributed by atoms with E-state index in [2.05, 4.69) is 321 Å². The lowest BCUT2D eigenvalue weighted by Crippen LogP contribution is -2.27. The fourth-order valence-corrected chi connectivity index (χ4v) is 14.9. The van der Waals surface area contributed by atoms with Crippen LogP contribution in [0.4, 0.5) is 17.1 Å². The molecule has 0 fully saturated rings. The summed E-state index contributed by atoms with van der Waals surface area (Å²) in [5.41, 5.74) is 25.2. The quantitative estimate of drug-likeness (QED) is 0.0733. The van der Waals surface area contributed by atoms with E-state index in [1.54, 1.807) is 0 Å². The second kappa shape index (κ2) is 24.3. The van der Waals surface area contributed by atoms with Gasteiger partial charge in [-0.25, -0.2) is 0 Å². The van der Waals surface area contributed by atoms with Crippen LogP contribution in [0.3, 0.4) is 0 Å². The number of hydrogen-bond acceptors (Lipinski definition) is 1. The van der Waals surface area contributed by atoms with Gasteiger partial charge in [0.2, 0.25) is 0 Å². The van der Waals surface area contributed by atoms with Gasteiger partial charge in [-0.1, -0.05) is 283 Å². The van der Waals surface area contributed by atoms with E-state index >= 15 is 0 Å². The van der Waals surface area contributed by atoms with Gasteiger partial charge in [0.1, 0.15) is 0 Å². The number of unbranched alkanes of at least 4 members (excludes halogenated alkanes) is 1.